The Morgan fingerprint density at radius 2 is 1.86 bits per heavy atom. The van der Waals surface area contributed by atoms with Gasteiger partial charge in [-0.25, -0.2) is 10.4 Å². The van der Waals surface area contributed by atoms with E-state index in [0.717, 1.165) is 5.56 Å². The van der Waals surface area contributed by atoms with Crippen LogP contribution >= 0.6 is 11.6 Å². The topological polar surface area (TPSA) is 83.5 Å². The molecule has 0 spiro atoms. The van der Waals surface area contributed by atoms with Crippen molar-refractivity contribution < 1.29 is 9.59 Å². The minimum Gasteiger partial charge on any atom is -0.302 e. The van der Waals surface area contributed by atoms with E-state index >= 15 is 0 Å². The number of hydrazone groups is 1. The largest absolute Gasteiger partial charge is 0.329 e. The fraction of sp³-hybridized carbons (Fsp3) is 0. The van der Waals surface area contributed by atoms with Gasteiger partial charge in [-0.2, -0.15) is 5.10 Å². The zero-order chi connectivity index (χ0) is 15.1. The normalized spacial score (nSPS) is 10.3. The summed E-state index contributed by atoms with van der Waals surface area (Å²) in [5.74, 6) is -1.44. The van der Waals surface area contributed by atoms with E-state index in [0.29, 0.717) is 10.8 Å². The molecule has 2 amide bonds. The molecule has 0 aliphatic carbocycles. The standard InChI is InChI=1S/C14H11ClN4O2/c15-11-6-4-10(5-7-11)9-17-19-14(21)13(20)18-12-3-1-2-8-16-12/h1-9H,(H,19,21)(H,16,18,20)/b17-9+. The average Bonchev–Trinajstić information content (AvgIpc) is 2.50. The number of nitrogens with one attached hydrogen (secondary N) is 2. The van der Waals surface area contributed by atoms with Crippen LogP contribution in [0.1, 0.15) is 5.56 Å². The molecule has 7 heteroatoms. The molecule has 0 bridgehead atoms. The Labute approximate surface area is 125 Å². The third-order valence-electron chi connectivity index (χ3n) is 2.36. The fourth-order valence-corrected chi connectivity index (χ4v) is 1.50. The smallest absolute Gasteiger partial charge is 0.302 e. The summed E-state index contributed by atoms with van der Waals surface area (Å²) >= 11 is 5.74. The number of benzene rings is 1. The first-order chi connectivity index (χ1) is 10.1. The molecule has 0 aliphatic heterocycles. The quantitative estimate of drug-likeness (QED) is 0.515. The summed E-state index contributed by atoms with van der Waals surface area (Å²) in [4.78, 5) is 26.9. The Morgan fingerprint density at radius 1 is 1.10 bits per heavy atom. The number of halogens is 1. The van der Waals surface area contributed by atoms with E-state index in [1.54, 1.807) is 42.5 Å². The lowest BCUT2D eigenvalue weighted by molar-refractivity contribution is -0.136. The second-order valence-corrected chi connectivity index (χ2v) is 4.36. The van der Waals surface area contributed by atoms with Gasteiger partial charge in [0.25, 0.3) is 0 Å². The van der Waals surface area contributed by atoms with E-state index in [1.165, 1.54) is 12.4 Å². The average molecular weight is 303 g/mol. The first-order valence-corrected chi connectivity index (χ1v) is 6.34. The van der Waals surface area contributed by atoms with Crippen molar-refractivity contribution in [3.63, 3.8) is 0 Å². The molecule has 0 atom stereocenters. The summed E-state index contributed by atoms with van der Waals surface area (Å²) in [6.07, 6.45) is 2.91. The number of amides is 2. The van der Waals surface area contributed by atoms with Crippen LogP contribution < -0.4 is 10.7 Å². The number of carbonyl (C=O) groups excluding carboxylic acids is 2. The Bertz CT molecular complexity index is 656. The van der Waals surface area contributed by atoms with Gasteiger partial charge in [0.2, 0.25) is 0 Å². The third-order valence-corrected chi connectivity index (χ3v) is 2.61. The number of pyridine rings is 1. The third kappa shape index (κ3) is 4.70. The van der Waals surface area contributed by atoms with Crippen molar-refractivity contribution in [2.24, 2.45) is 5.10 Å². The van der Waals surface area contributed by atoms with Crippen molar-refractivity contribution >= 4 is 35.4 Å². The van der Waals surface area contributed by atoms with Gasteiger partial charge >= 0.3 is 11.8 Å². The number of carbonyl (C=O) groups is 2. The molecular weight excluding hydrogens is 292 g/mol. The maximum absolute atomic E-state index is 11.5. The molecule has 2 rings (SSSR count). The van der Waals surface area contributed by atoms with Crippen LogP contribution in [0.5, 0.6) is 0 Å². The van der Waals surface area contributed by atoms with E-state index in [9.17, 15) is 9.59 Å². The van der Waals surface area contributed by atoms with E-state index in [-0.39, 0.29) is 0 Å². The highest BCUT2D eigenvalue weighted by molar-refractivity contribution is 6.39. The summed E-state index contributed by atoms with van der Waals surface area (Å²) < 4.78 is 0. The fourth-order valence-electron chi connectivity index (χ4n) is 1.37. The Balaban J connectivity index is 1.86. The first-order valence-electron chi connectivity index (χ1n) is 5.96. The lowest BCUT2D eigenvalue weighted by Crippen LogP contribution is -2.32. The molecule has 0 aliphatic rings. The van der Waals surface area contributed by atoms with Gasteiger partial charge in [0.05, 0.1) is 6.21 Å². The highest BCUT2D eigenvalue weighted by atomic mass is 35.5. The number of hydrogen-bond donors (Lipinski definition) is 2. The van der Waals surface area contributed by atoms with E-state index < -0.39 is 11.8 Å². The van der Waals surface area contributed by atoms with E-state index in [1.807, 2.05) is 0 Å². The Hall–Kier alpha value is -2.73. The predicted octanol–water partition coefficient (Wildman–Crippen LogP) is 1.82. The van der Waals surface area contributed by atoms with Gasteiger partial charge < -0.3 is 5.32 Å². The van der Waals surface area contributed by atoms with Crippen LogP contribution in [-0.2, 0) is 9.59 Å². The predicted molar refractivity (Wildman–Crippen MR) is 80.1 cm³/mol. The lowest BCUT2D eigenvalue weighted by Gasteiger charge is -2.02. The van der Waals surface area contributed by atoms with Crippen molar-refractivity contribution in [2.45, 2.75) is 0 Å². The van der Waals surface area contributed by atoms with Crippen molar-refractivity contribution in [2.75, 3.05) is 5.32 Å². The number of nitrogens with zero attached hydrogens (tertiary/aromatic N) is 2. The summed E-state index contributed by atoms with van der Waals surface area (Å²) in [7, 11) is 0. The molecule has 21 heavy (non-hydrogen) atoms. The van der Waals surface area contributed by atoms with Crippen LogP contribution in [0.3, 0.4) is 0 Å². The van der Waals surface area contributed by atoms with Crippen LogP contribution in [0.4, 0.5) is 5.82 Å². The van der Waals surface area contributed by atoms with E-state index in [4.69, 9.17) is 11.6 Å². The molecule has 0 fully saturated rings. The minimum absolute atomic E-state index is 0.291. The van der Waals surface area contributed by atoms with Gasteiger partial charge in [0.1, 0.15) is 5.82 Å². The molecule has 106 valence electrons. The molecule has 2 aromatic rings. The molecular formula is C14H11ClN4O2. The van der Waals surface area contributed by atoms with Crippen molar-refractivity contribution in [1.29, 1.82) is 0 Å². The summed E-state index contributed by atoms with van der Waals surface area (Å²) in [5.41, 5.74) is 2.86. The number of rotatable bonds is 3. The highest BCUT2D eigenvalue weighted by Crippen LogP contribution is 2.07. The van der Waals surface area contributed by atoms with Gasteiger partial charge in [0.15, 0.2) is 0 Å². The summed E-state index contributed by atoms with van der Waals surface area (Å²) in [5, 5.41) is 6.63. The zero-order valence-corrected chi connectivity index (χ0v) is 11.5. The molecule has 6 nitrogen and oxygen atoms in total. The number of hydrogen-bond acceptors (Lipinski definition) is 4. The molecule has 2 N–H and O–H groups in total. The second kappa shape index (κ2) is 7.16. The maximum atomic E-state index is 11.5. The molecule has 1 aromatic carbocycles. The lowest BCUT2D eigenvalue weighted by atomic mass is 10.2. The number of anilines is 1. The molecule has 1 heterocycles. The van der Waals surface area contributed by atoms with Crippen LogP contribution in [0.2, 0.25) is 5.02 Å². The van der Waals surface area contributed by atoms with Gasteiger partial charge in [-0.05, 0) is 29.8 Å². The monoisotopic (exact) mass is 302 g/mol. The molecule has 0 saturated heterocycles. The second-order valence-electron chi connectivity index (χ2n) is 3.92. The van der Waals surface area contributed by atoms with Crippen LogP contribution in [0, 0.1) is 0 Å². The molecule has 0 radical (unpaired) electrons. The zero-order valence-electron chi connectivity index (χ0n) is 10.8. The van der Waals surface area contributed by atoms with Crippen molar-refractivity contribution in [3.05, 3.63) is 59.2 Å². The first kappa shape index (κ1) is 14.7. The van der Waals surface area contributed by atoms with Crippen molar-refractivity contribution in [1.82, 2.24) is 10.4 Å². The van der Waals surface area contributed by atoms with Gasteiger partial charge in [-0.15, -0.1) is 0 Å². The molecule has 0 unspecified atom stereocenters. The van der Waals surface area contributed by atoms with Crippen LogP contribution in [0.25, 0.3) is 0 Å². The summed E-state index contributed by atoms with van der Waals surface area (Å²) in [6.45, 7) is 0. The summed E-state index contributed by atoms with van der Waals surface area (Å²) in [6, 6.07) is 11.8. The Morgan fingerprint density at radius 3 is 2.52 bits per heavy atom. The number of aromatic nitrogens is 1. The van der Waals surface area contributed by atoms with Gasteiger partial charge in [-0.1, -0.05) is 29.8 Å². The van der Waals surface area contributed by atoms with Gasteiger partial charge in [0, 0.05) is 11.2 Å². The van der Waals surface area contributed by atoms with Crippen molar-refractivity contribution in [3.8, 4) is 0 Å². The minimum atomic E-state index is -0.883. The maximum Gasteiger partial charge on any atom is 0.329 e. The van der Waals surface area contributed by atoms with E-state index in [2.05, 4.69) is 20.8 Å². The molecule has 0 saturated carbocycles. The van der Waals surface area contributed by atoms with Crippen LogP contribution in [0.15, 0.2) is 53.8 Å². The SMILES string of the molecule is O=C(N/N=C/c1ccc(Cl)cc1)C(=O)Nc1ccccn1. The molecule has 1 aromatic heterocycles. The van der Waals surface area contributed by atoms with Crippen LogP contribution in [-0.4, -0.2) is 23.0 Å². The highest BCUT2D eigenvalue weighted by Gasteiger charge is 2.12. The Kier molecular flexibility index (Phi) is 5.00. The van der Waals surface area contributed by atoms with Gasteiger partial charge in [-0.3, -0.25) is 9.59 Å².